The molecule has 5 heterocycles. The lowest BCUT2D eigenvalue weighted by molar-refractivity contribution is -0.0208. The van der Waals surface area contributed by atoms with Crippen LogP contribution in [0.15, 0.2) is 27.7 Å². The minimum atomic E-state index is -0.688. The number of esters is 1. The van der Waals surface area contributed by atoms with Gasteiger partial charge in [-0.1, -0.05) is 0 Å². The standard InChI is InChI=1S/C31H46B2BrN3O7/c1-27(2,20-36-14-10-11-15-36)37-19-23(24(38)22-17-21(34)18-35-25(22)37)26(39)40-16-12-13-31(9)30(7,8)43-33(44-31)32-41-28(3,4)29(5,6)42-32/h17-19H,10-16,20H2,1-9H3. The van der Waals surface area contributed by atoms with Crippen molar-refractivity contribution in [3.63, 3.8) is 0 Å². The Balaban J connectivity index is 1.28. The van der Waals surface area contributed by atoms with E-state index in [9.17, 15) is 9.59 Å². The minimum absolute atomic E-state index is 0.000266. The molecule has 13 heteroatoms. The summed E-state index contributed by atoms with van der Waals surface area (Å²) in [7, 11) is -1.34. The smallest absolute Gasteiger partial charge is 0.462 e. The number of rotatable bonds is 9. The molecule has 3 aliphatic rings. The molecular weight excluding hydrogens is 628 g/mol. The number of aromatic nitrogens is 2. The van der Waals surface area contributed by atoms with Crippen molar-refractivity contribution >= 4 is 47.0 Å². The molecule has 3 fully saturated rings. The molecule has 0 aliphatic carbocycles. The second-order valence-corrected chi connectivity index (χ2v) is 15.7. The van der Waals surface area contributed by atoms with Crippen LogP contribution in [-0.4, -0.2) is 83.1 Å². The fourth-order valence-corrected chi connectivity index (χ4v) is 6.65. The van der Waals surface area contributed by atoms with Crippen LogP contribution in [0.3, 0.4) is 0 Å². The first-order valence-corrected chi connectivity index (χ1v) is 16.5. The van der Waals surface area contributed by atoms with Crippen molar-refractivity contribution in [3.05, 3.63) is 38.7 Å². The van der Waals surface area contributed by atoms with E-state index < -0.39 is 53.4 Å². The molecule has 2 aromatic rings. The molecule has 240 valence electrons. The number of hydrogen-bond donors (Lipinski definition) is 0. The first kappa shape index (κ1) is 33.6. The Morgan fingerprint density at radius 1 is 1.00 bits per heavy atom. The highest BCUT2D eigenvalue weighted by Gasteiger charge is 2.64. The summed E-state index contributed by atoms with van der Waals surface area (Å²) in [5, 5.41) is 0.378. The lowest BCUT2D eigenvalue weighted by atomic mass is 9.49. The van der Waals surface area contributed by atoms with Crippen molar-refractivity contribution in [2.75, 3.05) is 26.2 Å². The van der Waals surface area contributed by atoms with Crippen molar-refractivity contribution in [2.45, 2.75) is 116 Å². The van der Waals surface area contributed by atoms with Gasteiger partial charge in [0.05, 0.1) is 39.9 Å². The lowest BCUT2D eigenvalue weighted by Gasteiger charge is -2.36. The first-order valence-electron chi connectivity index (χ1n) is 15.7. The Kier molecular flexibility index (Phi) is 9.01. The third-order valence-corrected chi connectivity index (χ3v) is 10.5. The zero-order valence-electron chi connectivity index (χ0n) is 27.6. The predicted octanol–water partition coefficient (Wildman–Crippen LogP) is 5.17. The quantitative estimate of drug-likeness (QED) is 0.203. The molecule has 0 N–H and O–H groups in total. The molecule has 0 bridgehead atoms. The molecule has 3 saturated heterocycles. The van der Waals surface area contributed by atoms with Gasteiger partial charge in [-0.3, -0.25) is 4.79 Å². The van der Waals surface area contributed by atoms with E-state index in [0.29, 0.717) is 28.3 Å². The zero-order chi connectivity index (χ0) is 32.3. The minimum Gasteiger partial charge on any atom is -0.462 e. The van der Waals surface area contributed by atoms with E-state index in [2.05, 4.69) is 39.7 Å². The van der Waals surface area contributed by atoms with Crippen molar-refractivity contribution in [3.8, 4) is 0 Å². The van der Waals surface area contributed by atoms with Crippen molar-refractivity contribution < 1.29 is 28.1 Å². The fourth-order valence-electron chi connectivity index (χ4n) is 6.32. The Morgan fingerprint density at radius 3 is 2.23 bits per heavy atom. The summed E-state index contributed by atoms with van der Waals surface area (Å²) in [4.78, 5) is 33.9. The summed E-state index contributed by atoms with van der Waals surface area (Å²) in [6.45, 7) is 21.1. The largest absolute Gasteiger partial charge is 0.488 e. The maximum absolute atomic E-state index is 13.5. The van der Waals surface area contributed by atoms with Gasteiger partial charge in [-0.15, -0.1) is 0 Å². The van der Waals surface area contributed by atoms with E-state index in [1.54, 1.807) is 18.5 Å². The summed E-state index contributed by atoms with van der Waals surface area (Å²) < 4.78 is 33.4. The molecule has 44 heavy (non-hydrogen) atoms. The van der Waals surface area contributed by atoms with Crippen LogP contribution in [0.2, 0.25) is 0 Å². The highest BCUT2D eigenvalue weighted by atomic mass is 79.9. The average Bonchev–Trinajstić information content (AvgIpc) is 3.56. The fraction of sp³-hybridized carbons (Fsp3) is 0.710. The van der Waals surface area contributed by atoms with Gasteiger partial charge in [0.1, 0.15) is 11.2 Å². The molecule has 3 aliphatic heterocycles. The van der Waals surface area contributed by atoms with Gasteiger partial charge in [-0.25, -0.2) is 9.78 Å². The second-order valence-electron chi connectivity index (χ2n) is 14.8. The van der Waals surface area contributed by atoms with E-state index in [1.807, 2.05) is 53.0 Å². The summed E-state index contributed by atoms with van der Waals surface area (Å²) in [6, 6.07) is 1.72. The molecule has 1 unspecified atom stereocenters. The van der Waals surface area contributed by atoms with Gasteiger partial charge in [-0.05, 0) is 123 Å². The van der Waals surface area contributed by atoms with Crippen LogP contribution < -0.4 is 5.43 Å². The summed E-state index contributed by atoms with van der Waals surface area (Å²) in [6.07, 6.45) is 6.73. The lowest BCUT2D eigenvalue weighted by Crippen LogP contribution is -2.45. The third-order valence-electron chi connectivity index (χ3n) is 10.1. The van der Waals surface area contributed by atoms with Gasteiger partial charge in [0, 0.05) is 23.4 Å². The van der Waals surface area contributed by atoms with E-state index in [1.165, 1.54) is 12.8 Å². The van der Waals surface area contributed by atoms with E-state index in [4.69, 9.17) is 23.4 Å². The van der Waals surface area contributed by atoms with Gasteiger partial charge in [0.15, 0.2) is 0 Å². The molecule has 0 aromatic carbocycles. The van der Waals surface area contributed by atoms with Crippen molar-refractivity contribution in [1.29, 1.82) is 0 Å². The molecule has 0 amide bonds. The van der Waals surface area contributed by atoms with Crippen LogP contribution in [0.5, 0.6) is 0 Å². The molecule has 0 radical (unpaired) electrons. The van der Waals surface area contributed by atoms with E-state index in [0.717, 1.165) is 19.6 Å². The number of ether oxygens (including phenoxy) is 1. The highest BCUT2D eigenvalue weighted by Crippen LogP contribution is 2.45. The summed E-state index contributed by atoms with van der Waals surface area (Å²) in [5.41, 5.74) is -2.59. The van der Waals surface area contributed by atoms with Crippen LogP contribution in [0.4, 0.5) is 0 Å². The van der Waals surface area contributed by atoms with Gasteiger partial charge in [0.2, 0.25) is 5.43 Å². The number of carbonyl (C=O) groups is 1. The van der Waals surface area contributed by atoms with Crippen LogP contribution in [0.1, 0.15) is 98.4 Å². The van der Waals surface area contributed by atoms with Gasteiger partial charge >= 0.3 is 20.0 Å². The van der Waals surface area contributed by atoms with E-state index in [-0.39, 0.29) is 12.2 Å². The monoisotopic (exact) mass is 673 g/mol. The number of fused-ring (bicyclic) bond motifs is 1. The molecule has 2 aromatic heterocycles. The highest BCUT2D eigenvalue weighted by molar-refractivity contribution is 9.10. The number of likely N-dealkylation sites (tertiary alicyclic amines) is 1. The number of hydrogen-bond acceptors (Lipinski definition) is 9. The first-order chi connectivity index (χ1) is 20.4. The van der Waals surface area contributed by atoms with Crippen molar-refractivity contribution in [2.24, 2.45) is 0 Å². The maximum atomic E-state index is 13.5. The molecule has 1 atom stereocenters. The number of nitrogens with zero attached hydrogens (tertiary/aromatic N) is 3. The Hall–Kier alpha value is -1.76. The number of pyridine rings is 2. The topological polar surface area (TPSA) is 101 Å². The van der Waals surface area contributed by atoms with Gasteiger partial charge in [-0.2, -0.15) is 0 Å². The third kappa shape index (κ3) is 6.29. The Bertz CT molecular complexity index is 1460. The van der Waals surface area contributed by atoms with Gasteiger partial charge in [0.25, 0.3) is 0 Å². The summed E-state index contributed by atoms with van der Waals surface area (Å²) in [5.74, 6) is -0.648. The number of halogens is 1. The molecule has 0 spiro atoms. The molecular formula is C31H46B2BrN3O7. The van der Waals surface area contributed by atoms with Crippen LogP contribution in [0, 0.1) is 0 Å². The van der Waals surface area contributed by atoms with Crippen LogP contribution in [-0.2, 0) is 28.9 Å². The van der Waals surface area contributed by atoms with E-state index >= 15 is 0 Å². The number of carbonyl (C=O) groups excluding carboxylic acids is 1. The predicted molar refractivity (Wildman–Crippen MR) is 175 cm³/mol. The normalized spacial score (nSPS) is 24.9. The van der Waals surface area contributed by atoms with Crippen LogP contribution in [0.25, 0.3) is 11.0 Å². The Labute approximate surface area is 269 Å². The average molecular weight is 674 g/mol. The zero-order valence-corrected chi connectivity index (χ0v) is 29.2. The maximum Gasteiger partial charge on any atom is 0.488 e. The SMILES string of the molecule is CC(C)(CN1CCCC1)n1cc(C(=O)OCCCC2(C)OB(B3OC(C)(C)C(C)(C)O3)OC2(C)C)c(=O)c2cc(Br)cnc21. The summed E-state index contributed by atoms with van der Waals surface area (Å²) >= 11 is 3.44. The van der Waals surface area contributed by atoms with Crippen LogP contribution >= 0.6 is 15.9 Å². The molecule has 10 nitrogen and oxygen atoms in total. The molecule has 5 rings (SSSR count). The van der Waals surface area contributed by atoms with Crippen molar-refractivity contribution in [1.82, 2.24) is 14.5 Å². The second kappa shape index (κ2) is 11.8. The van der Waals surface area contributed by atoms with Gasteiger partial charge < -0.3 is 32.8 Å². The Morgan fingerprint density at radius 2 is 1.59 bits per heavy atom. The molecule has 0 saturated carbocycles.